The van der Waals surface area contributed by atoms with Crippen molar-refractivity contribution in [3.8, 4) is 0 Å². The van der Waals surface area contributed by atoms with E-state index in [1.54, 1.807) is 30.6 Å². The first-order valence-corrected chi connectivity index (χ1v) is 6.69. The van der Waals surface area contributed by atoms with Gasteiger partial charge in [-0.05, 0) is 39.7 Å². The molecule has 0 saturated heterocycles. The van der Waals surface area contributed by atoms with E-state index in [1.807, 2.05) is 6.07 Å². The molecular weight excluding hydrogens is 337 g/mol. The Morgan fingerprint density at radius 2 is 2.06 bits per heavy atom. The predicted octanol–water partition coefficient (Wildman–Crippen LogP) is 4.58. The van der Waals surface area contributed by atoms with E-state index in [2.05, 4.69) is 20.9 Å². The van der Waals surface area contributed by atoms with E-state index in [-0.39, 0.29) is 12.2 Å². The van der Waals surface area contributed by atoms with Crippen LogP contribution in [-0.4, -0.2) is 10.8 Å². The zero-order valence-corrected chi connectivity index (χ0v) is 12.3. The van der Waals surface area contributed by atoms with Gasteiger partial charge in [-0.2, -0.15) is 0 Å². The number of Topliss-reactive ketones (excluding diaryl/α,β-unsaturated/α-hetero) is 1. The molecule has 2 aromatic rings. The summed E-state index contributed by atoms with van der Waals surface area (Å²) in [7, 11) is 0. The molecule has 0 radical (unpaired) electrons. The van der Waals surface area contributed by atoms with Crippen molar-refractivity contribution >= 4 is 44.9 Å². The van der Waals surface area contributed by atoms with E-state index in [4.69, 9.17) is 23.2 Å². The lowest BCUT2D eigenvalue weighted by Gasteiger charge is -2.05. The van der Waals surface area contributed by atoms with E-state index >= 15 is 0 Å². The molecule has 2 rings (SSSR count). The maximum Gasteiger partial charge on any atom is 0.168 e. The zero-order valence-electron chi connectivity index (χ0n) is 9.16. The fraction of sp³-hybridized carbons (Fsp3) is 0.0769. The number of hydrogen-bond acceptors (Lipinski definition) is 2. The molecule has 0 amide bonds. The first-order valence-electron chi connectivity index (χ1n) is 5.14. The van der Waals surface area contributed by atoms with Crippen LogP contribution in [0.1, 0.15) is 15.9 Å². The average molecular weight is 345 g/mol. The number of rotatable bonds is 3. The summed E-state index contributed by atoms with van der Waals surface area (Å²) >= 11 is 15.2. The number of hydrogen-bond donors (Lipinski definition) is 0. The van der Waals surface area contributed by atoms with Crippen molar-refractivity contribution in [3.63, 3.8) is 0 Å². The third-order valence-electron chi connectivity index (χ3n) is 2.38. The van der Waals surface area contributed by atoms with E-state index in [1.165, 1.54) is 0 Å². The molecule has 0 fully saturated rings. The number of halogens is 3. The molecule has 2 nitrogen and oxygen atoms in total. The number of aromatic nitrogens is 1. The summed E-state index contributed by atoms with van der Waals surface area (Å²) in [6.45, 7) is 0. The molecule has 1 heterocycles. The number of benzene rings is 1. The van der Waals surface area contributed by atoms with Gasteiger partial charge in [-0.3, -0.25) is 9.78 Å². The molecule has 0 N–H and O–H groups in total. The first kappa shape index (κ1) is 13.5. The van der Waals surface area contributed by atoms with Gasteiger partial charge in [-0.15, -0.1) is 0 Å². The molecule has 0 atom stereocenters. The third-order valence-corrected chi connectivity index (χ3v) is 3.63. The molecule has 1 aromatic carbocycles. The van der Waals surface area contributed by atoms with Gasteiger partial charge >= 0.3 is 0 Å². The number of nitrogens with zero attached hydrogens (tertiary/aromatic N) is 1. The fourth-order valence-corrected chi connectivity index (χ4v) is 2.37. The molecule has 5 heteroatoms. The summed E-state index contributed by atoms with van der Waals surface area (Å²) in [6.07, 6.45) is 3.56. The molecule has 92 valence electrons. The minimum atomic E-state index is -0.0811. The molecule has 1 aromatic heterocycles. The van der Waals surface area contributed by atoms with E-state index < -0.39 is 0 Å². The summed E-state index contributed by atoms with van der Waals surface area (Å²) in [5, 5.41) is 0.682. The van der Waals surface area contributed by atoms with Gasteiger partial charge in [0, 0.05) is 28.9 Å². The summed E-state index contributed by atoms with van der Waals surface area (Å²) in [4.78, 5) is 16.1. The number of ketones is 1. The fourth-order valence-electron chi connectivity index (χ4n) is 1.55. The molecule has 0 unspecified atom stereocenters. The quantitative estimate of drug-likeness (QED) is 0.763. The van der Waals surface area contributed by atoms with Crippen LogP contribution in [0, 0.1) is 0 Å². The number of carbonyl (C=O) groups excluding carboxylic acids is 1. The molecule has 0 aliphatic heterocycles. The number of carbonyl (C=O) groups is 1. The van der Waals surface area contributed by atoms with Gasteiger partial charge in [0.05, 0.1) is 10.0 Å². The largest absolute Gasteiger partial charge is 0.294 e. The second kappa shape index (κ2) is 5.83. The second-order valence-electron chi connectivity index (χ2n) is 3.71. The minimum Gasteiger partial charge on any atom is -0.294 e. The van der Waals surface area contributed by atoms with E-state index in [0.29, 0.717) is 15.6 Å². The van der Waals surface area contributed by atoms with Crippen molar-refractivity contribution < 1.29 is 4.79 Å². The smallest absolute Gasteiger partial charge is 0.168 e. The van der Waals surface area contributed by atoms with Crippen LogP contribution in [0.3, 0.4) is 0 Å². The highest BCUT2D eigenvalue weighted by molar-refractivity contribution is 9.10. The highest BCUT2D eigenvalue weighted by Gasteiger charge is 2.13. The first-order chi connectivity index (χ1) is 8.58. The summed E-state index contributed by atoms with van der Waals surface area (Å²) in [6, 6.07) is 6.88. The predicted molar refractivity (Wildman–Crippen MR) is 76.4 cm³/mol. The van der Waals surface area contributed by atoms with Crippen molar-refractivity contribution in [2.24, 2.45) is 0 Å². The second-order valence-corrected chi connectivity index (χ2v) is 5.41. The molecule has 0 bridgehead atoms. The van der Waals surface area contributed by atoms with Crippen molar-refractivity contribution in [1.29, 1.82) is 0 Å². The summed E-state index contributed by atoms with van der Waals surface area (Å²) in [5.74, 6) is -0.0811. The van der Waals surface area contributed by atoms with Gasteiger partial charge < -0.3 is 0 Å². The van der Waals surface area contributed by atoms with Crippen molar-refractivity contribution in [2.75, 3.05) is 0 Å². The molecule has 0 saturated carbocycles. The zero-order chi connectivity index (χ0) is 13.1. The highest BCUT2D eigenvalue weighted by atomic mass is 79.9. The third kappa shape index (κ3) is 3.10. The van der Waals surface area contributed by atoms with Gasteiger partial charge in [0.2, 0.25) is 0 Å². The number of pyridine rings is 1. The monoisotopic (exact) mass is 343 g/mol. The lowest BCUT2D eigenvalue weighted by Crippen LogP contribution is -2.04. The standard InChI is InChI=1S/C13H8BrCl2NO/c14-9-4-8(6-17-7-9)5-12(18)10-2-1-3-11(15)13(10)16/h1-4,6-7H,5H2. The summed E-state index contributed by atoms with van der Waals surface area (Å²) < 4.78 is 0.838. The van der Waals surface area contributed by atoms with Gasteiger partial charge in [-0.1, -0.05) is 29.3 Å². The summed E-state index contributed by atoms with van der Waals surface area (Å²) in [5.41, 5.74) is 1.26. The molecule has 18 heavy (non-hydrogen) atoms. The Hall–Kier alpha value is -0.900. The molecule has 0 aliphatic carbocycles. The minimum absolute atomic E-state index is 0.0811. The van der Waals surface area contributed by atoms with E-state index in [9.17, 15) is 4.79 Å². The Labute approximate surface area is 123 Å². The lowest BCUT2D eigenvalue weighted by atomic mass is 10.0. The average Bonchev–Trinajstić information content (AvgIpc) is 2.32. The topological polar surface area (TPSA) is 30.0 Å². The Morgan fingerprint density at radius 3 is 2.78 bits per heavy atom. The normalized spacial score (nSPS) is 10.4. The van der Waals surface area contributed by atoms with Crippen molar-refractivity contribution in [3.05, 3.63) is 62.3 Å². The van der Waals surface area contributed by atoms with Crippen LogP contribution < -0.4 is 0 Å². The van der Waals surface area contributed by atoms with Gasteiger partial charge in [0.15, 0.2) is 5.78 Å². The van der Waals surface area contributed by atoms with Crippen LogP contribution in [0.4, 0.5) is 0 Å². The van der Waals surface area contributed by atoms with Crippen molar-refractivity contribution in [1.82, 2.24) is 4.98 Å². The van der Waals surface area contributed by atoms with E-state index in [0.717, 1.165) is 10.0 Å². The van der Waals surface area contributed by atoms with Crippen LogP contribution in [-0.2, 0) is 6.42 Å². The van der Waals surface area contributed by atoms with Crippen LogP contribution in [0.25, 0.3) is 0 Å². The van der Waals surface area contributed by atoms with Crippen molar-refractivity contribution in [2.45, 2.75) is 6.42 Å². The lowest BCUT2D eigenvalue weighted by molar-refractivity contribution is 0.0993. The van der Waals surface area contributed by atoms with Crippen LogP contribution in [0.2, 0.25) is 10.0 Å². The maximum absolute atomic E-state index is 12.1. The Balaban J connectivity index is 2.25. The molecular formula is C13H8BrCl2NO. The SMILES string of the molecule is O=C(Cc1cncc(Br)c1)c1cccc(Cl)c1Cl. The van der Waals surface area contributed by atoms with Crippen LogP contribution >= 0.6 is 39.1 Å². The van der Waals surface area contributed by atoms with Gasteiger partial charge in [-0.25, -0.2) is 0 Å². The Bertz CT molecular complexity index is 601. The van der Waals surface area contributed by atoms with Crippen LogP contribution in [0.15, 0.2) is 41.1 Å². The molecule has 0 aliphatic rings. The molecule has 0 spiro atoms. The highest BCUT2D eigenvalue weighted by Crippen LogP contribution is 2.26. The van der Waals surface area contributed by atoms with Crippen LogP contribution in [0.5, 0.6) is 0 Å². The van der Waals surface area contributed by atoms with Gasteiger partial charge in [0.25, 0.3) is 0 Å². The van der Waals surface area contributed by atoms with Gasteiger partial charge in [0.1, 0.15) is 0 Å². The Kier molecular flexibility index (Phi) is 4.38. The Morgan fingerprint density at radius 1 is 1.28 bits per heavy atom. The maximum atomic E-state index is 12.1.